The van der Waals surface area contributed by atoms with Crippen molar-refractivity contribution in [3.63, 3.8) is 0 Å². The first-order chi connectivity index (χ1) is 14.2. The summed E-state index contributed by atoms with van der Waals surface area (Å²) in [6.07, 6.45) is 8.39. The molecule has 29 heavy (non-hydrogen) atoms. The van der Waals surface area contributed by atoms with Crippen molar-refractivity contribution < 1.29 is 19.1 Å². The summed E-state index contributed by atoms with van der Waals surface area (Å²) in [5.74, 6) is 11.2. The van der Waals surface area contributed by atoms with Gasteiger partial charge < -0.3 is 9.47 Å². The first kappa shape index (κ1) is 23.3. The lowest BCUT2D eigenvalue weighted by molar-refractivity contribution is -0.144. The summed E-state index contributed by atoms with van der Waals surface area (Å²) in [5.41, 5.74) is 0. The molecule has 2 rings (SSSR count). The summed E-state index contributed by atoms with van der Waals surface area (Å²) in [6.45, 7) is 6.13. The highest BCUT2D eigenvalue weighted by Crippen LogP contribution is 2.08. The van der Waals surface area contributed by atoms with Crippen molar-refractivity contribution in [1.29, 1.82) is 0 Å². The fraction of sp³-hybridized carbons (Fsp3) is 0.739. The lowest BCUT2D eigenvalue weighted by atomic mass is 10.1. The molecule has 0 atom stereocenters. The zero-order chi connectivity index (χ0) is 20.6. The van der Waals surface area contributed by atoms with Crippen LogP contribution < -0.4 is 0 Å². The highest BCUT2D eigenvalue weighted by molar-refractivity contribution is 5.72. The molecule has 2 aliphatic heterocycles. The van der Waals surface area contributed by atoms with E-state index in [9.17, 15) is 9.59 Å². The van der Waals surface area contributed by atoms with Crippen molar-refractivity contribution in [3.8, 4) is 23.7 Å². The van der Waals surface area contributed by atoms with Crippen LogP contribution in [-0.4, -0.2) is 74.2 Å². The van der Waals surface area contributed by atoms with Gasteiger partial charge >= 0.3 is 11.9 Å². The van der Waals surface area contributed by atoms with Gasteiger partial charge in [0.1, 0.15) is 0 Å². The lowest BCUT2D eigenvalue weighted by Gasteiger charge is -2.23. The predicted octanol–water partition coefficient (Wildman–Crippen LogP) is 2.22. The minimum absolute atomic E-state index is 0.115. The summed E-state index contributed by atoms with van der Waals surface area (Å²) in [7, 11) is 0. The van der Waals surface area contributed by atoms with Crippen LogP contribution in [0.3, 0.4) is 0 Å². The average molecular weight is 403 g/mol. The summed E-state index contributed by atoms with van der Waals surface area (Å²) in [6, 6.07) is 0. The number of rotatable bonds is 8. The standard InChI is InChI=1S/C23H34N2O4/c26-22(28-20-9-7-18-24-14-3-1-4-15-24)12-11-13-23(27)29-21-10-8-19-25-16-5-2-6-17-25/h1-6,11-21H2. The normalized spacial score (nSPS) is 17.4. The van der Waals surface area contributed by atoms with Crippen molar-refractivity contribution in [3.05, 3.63) is 0 Å². The quantitative estimate of drug-likeness (QED) is 0.458. The van der Waals surface area contributed by atoms with Gasteiger partial charge in [0.05, 0.1) is 13.1 Å². The van der Waals surface area contributed by atoms with Gasteiger partial charge in [-0.2, -0.15) is 0 Å². The van der Waals surface area contributed by atoms with Crippen LogP contribution in [0.1, 0.15) is 57.8 Å². The SMILES string of the molecule is O=C(CCCC(=O)OCC#CCN1CCCCC1)OCC#CCN1CCCCC1. The number of carbonyl (C=O) groups is 2. The Morgan fingerprint density at radius 1 is 0.621 bits per heavy atom. The van der Waals surface area contributed by atoms with Gasteiger partial charge in [0.2, 0.25) is 0 Å². The number of piperidine rings is 2. The van der Waals surface area contributed by atoms with Crippen molar-refractivity contribution in [1.82, 2.24) is 9.80 Å². The molecular formula is C23H34N2O4. The van der Waals surface area contributed by atoms with Crippen LogP contribution in [0, 0.1) is 23.7 Å². The maximum Gasteiger partial charge on any atom is 0.306 e. The minimum Gasteiger partial charge on any atom is -0.452 e. The molecule has 6 nitrogen and oxygen atoms in total. The molecule has 2 aliphatic rings. The smallest absolute Gasteiger partial charge is 0.306 e. The Labute approximate surface area is 175 Å². The van der Waals surface area contributed by atoms with Crippen LogP contribution in [-0.2, 0) is 19.1 Å². The van der Waals surface area contributed by atoms with E-state index in [1.807, 2.05) is 0 Å². The molecule has 2 saturated heterocycles. The zero-order valence-corrected chi connectivity index (χ0v) is 17.5. The Hall–Kier alpha value is -2.02. The second-order valence-electron chi connectivity index (χ2n) is 7.56. The van der Waals surface area contributed by atoms with Gasteiger partial charge in [-0.25, -0.2) is 0 Å². The van der Waals surface area contributed by atoms with Crippen molar-refractivity contribution in [2.45, 2.75) is 57.8 Å². The molecule has 0 N–H and O–H groups in total. The molecule has 0 bridgehead atoms. The van der Waals surface area contributed by atoms with Crippen LogP contribution in [0.4, 0.5) is 0 Å². The van der Waals surface area contributed by atoms with Crippen molar-refractivity contribution >= 4 is 11.9 Å². The average Bonchev–Trinajstić information content (AvgIpc) is 2.75. The Morgan fingerprint density at radius 3 is 1.45 bits per heavy atom. The number of esters is 2. The Bertz CT molecular complexity index is 560. The molecule has 0 aromatic heterocycles. The van der Waals surface area contributed by atoms with E-state index in [0.717, 1.165) is 39.3 Å². The van der Waals surface area contributed by atoms with Gasteiger partial charge in [0.25, 0.3) is 0 Å². The van der Waals surface area contributed by atoms with Crippen LogP contribution in [0.25, 0.3) is 0 Å². The topological polar surface area (TPSA) is 59.1 Å². The number of ether oxygens (including phenoxy) is 2. The Morgan fingerprint density at radius 2 is 1.03 bits per heavy atom. The molecule has 0 spiro atoms. The molecule has 0 aliphatic carbocycles. The largest absolute Gasteiger partial charge is 0.452 e. The first-order valence-corrected chi connectivity index (χ1v) is 10.9. The Kier molecular flexibility index (Phi) is 12.0. The number of nitrogens with zero attached hydrogens (tertiary/aromatic N) is 2. The number of likely N-dealkylation sites (tertiary alicyclic amines) is 2. The van der Waals surface area contributed by atoms with Gasteiger partial charge in [-0.3, -0.25) is 19.4 Å². The highest BCUT2D eigenvalue weighted by atomic mass is 16.5. The van der Waals surface area contributed by atoms with E-state index in [-0.39, 0.29) is 38.0 Å². The first-order valence-electron chi connectivity index (χ1n) is 10.9. The molecule has 0 unspecified atom stereocenters. The van der Waals surface area contributed by atoms with Gasteiger partial charge in [-0.05, 0) is 58.3 Å². The van der Waals surface area contributed by atoms with E-state index in [2.05, 4.69) is 33.5 Å². The second kappa shape index (κ2) is 14.9. The van der Waals surface area contributed by atoms with Gasteiger partial charge in [-0.15, -0.1) is 0 Å². The summed E-state index contributed by atoms with van der Waals surface area (Å²) < 4.78 is 10.1. The summed E-state index contributed by atoms with van der Waals surface area (Å²) >= 11 is 0. The monoisotopic (exact) mass is 402 g/mol. The third-order valence-corrected chi connectivity index (χ3v) is 5.13. The van der Waals surface area contributed by atoms with Crippen LogP contribution in [0.2, 0.25) is 0 Å². The molecule has 0 saturated carbocycles. The molecule has 0 radical (unpaired) electrons. The van der Waals surface area contributed by atoms with E-state index < -0.39 is 0 Å². The molecule has 2 fully saturated rings. The van der Waals surface area contributed by atoms with Crippen molar-refractivity contribution in [2.75, 3.05) is 52.5 Å². The van der Waals surface area contributed by atoms with E-state index in [1.54, 1.807) is 0 Å². The molecule has 0 aromatic carbocycles. The fourth-order valence-electron chi connectivity index (χ4n) is 3.43. The minimum atomic E-state index is -0.327. The highest BCUT2D eigenvalue weighted by Gasteiger charge is 2.09. The van der Waals surface area contributed by atoms with Crippen LogP contribution in [0.15, 0.2) is 0 Å². The van der Waals surface area contributed by atoms with Gasteiger partial charge in [-0.1, -0.05) is 36.5 Å². The molecular weight excluding hydrogens is 368 g/mol. The molecule has 0 aromatic rings. The maximum absolute atomic E-state index is 11.7. The fourth-order valence-corrected chi connectivity index (χ4v) is 3.43. The van der Waals surface area contributed by atoms with Gasteiger partial charge in [0, 0.05) is 12.8 Å². The summed E-state index contributed by atoms with van der Waals surface area (Å²) in [4.78, 5) is 28.0. The second-order valence-corrected chi connectivity index (χ2v) is 7.56. The van der Waals surface area contributed by atoms with Crippen LogP contribution in [0.5, 0.6) is 0 Å². The number of carbonyl (C=O) groups excluding carboxylic acids is 2. The Balaban J connectivity index is 1.43. The third kappa shape index (κ3) is 11.5. The van der Waals surface area contributed by atoms with E-state index in [0.29, 0.717) is 6.42 Å². The third-order valence-electron chi connectivity index (χ3n) is 5.13. The van der Waals surface area contributed by atoms with Gasteiger partial charge in [0.15, 0.2) is 13.2 Å². The summed E-state index contributed by atoms with van der Waals surface area (Å²) in [5, 5.41) is 0. The van der Waals surface area contributed by atoms with Crippen molar-refractivity contribution in [2.24, 2.45) is 0 Å². The van der Waals surface area contributed by atoms with E-state index in [4.69, 9.17) is 9.47 Å². The number of hydrogen-bond donors (Lipinski definition) is 0. The van der Waals surface area contributed by atoms with Crippen LogP contribution >= 0.6 is 0 Å². The zero-order valence-electron chi connectivity index (χ0n) is 17.5. The molecule has 2 heterocycles. The molecule has 0 amide bonds. The van der Waals surface area contributed by atoms with E-state index >= 15 is 0 Å². The van der Waals surface area contributed by atoms with E-state index in [1.165, 1.54) is 38.5 Å². The molecule has 160 valence electrons. The lowest BCUT2D eigenvalue weighted by Crippen LogP contribution is -2.29. The number of hydrogen-bond acceptors (Lipinski definition) is 6. The molecule has 6 heteroatoms. The predicted molar refractivity (Wildman–Crippen MR) is 112 cm³/mol. The maximum atomic E-state index is 11.7.